The average Bonchev–Trinajstić information content (AvgIpc) is 2.63. The van der Waals surface area contributed by atoms with Gasteiger partial charge in [-0.05, 0) is 42.7 Å². The molecule has 0 aromatic heterocycles. The summed E-state index contributed by atoms with van der Waals surface area (Å²) in [7, 11) is 1.95. The molecule has 0 aliphatic heterocycles. The maximum atomic E-state index is 4.27. The number of anilines is 1. The van der Waals surface area contributed by atoms with Gasteiger partial charge in [0.15, 0.2) is 0 Å². The molecule has 3 nitrogen and oxygen atoms in total. The lowest BCUT2D eigenvalue weighted by Gasteiger charge is -2.26. The van der Waals surface area contributed by atoms with Crippen molar-refractivity contribution in [2.75, 3.05) is 25.6 Å². The first-order valence-corrected chi connectivity index (χ1v) is 9.39. The Morgan fingerprint density at radius 2 is 2.00 bits per heavy atom. The van der Waals surface area contributed by atoms with Crippen LogP contribution in [0.4, 0.5) is 5.69 Å². The van der Waals surface area contributed by atoms with E-state index in [-0.39, 0.29) is 0 Å². The van der Waals surface area contributed by atoms with Crippen LogP contribution in [0.15, 0.2) is 67.6 Å². The summed E-state index contributed by atoms with van der Waals surface area (Å²) >= 11 is 0. The van der Waals surface area contributed by atoms with E-state index in [9.17, 15) is 0 Å². The number of hydrogen-bond acceptors (Lipinski definition) is 3. The van der Waals surface area contributed by atoms with Crippen molar-refractivity contribution in [2.45, 2.75) is 39.5 Å². The van der Waals surface area contributed by atoms with Gasteiger partial charge >= 0.3 is 0 Å². The standard InChI is InChI=1S/C23H35N3/c1-8-12-21(10-3)26(17-24-7)16-15-19(6)25-23-20(9-2)13-11-14-22(23)18(4)5/h8,10-14,18,24-25H,1,3,6,9,15-17H2,2,4-5,7H3/b21-12+. The first-order chi connectivity index (χ1) is 12.5. The van der Waals surface area contributed by atoms with Crippen LogP contribution in [0.5, 0.6) is 0 Å². The first kappa shape index (κ1) is 21.8. The highest BCUT2D eigenvalue weighted by atomic mass is 15.2. The van der Waals surface area contributed by atoms with Crippen molar-refractivity contribution in [3.05, 3.63) is 78.7 Å². The number of para-hydroxylation sites is 1. The lowest BCUT2D eigenvalue weighted by molar-refractivity contribution is 0.340. The zero-order valence-electron chi connectivity index (χ0n) is 16.9. The van der Waals surface area contributed by atoms with E-state index < -0.39 is 0 Å². The third-order valence-electron chi connectivity index (χ3n) is 4.38. The van der Waals surface area contributed by atoms with Gasteiger partial charge in [0.05, 0.1) is 6.67 Å². The van der Waals surface area contributed by atoms with E-state index in [1.807, 2.05) is 19.2 Å². The van der Waals surface area contributed by atoms with E-state index in [0.29, 0.717) is 5.92 Å². The van der Waals surface area contributed by atoms with E-state index in [4.69, 9.17) is 0 Å². The van der Waals surface area contributed by atoms with Gasteiger partial charge in [-0.25, -0.2) is 0 Å². The summed E-state index contributed by atoms with van der Waals surface area (Å²) in [6, 6.07) is 6.54. The van der Waals surface area contributed by atoms with Gasteiger partial charge in [0.2, 0.25) is 0 Å². The van der Waals surface area contributed by atoms with Crippen molar-refractivity contribution >= 4 is 5.69 Å². The summed E-state index contributed by atoms with van der Waals surface area (Å²) < 4.78 is 0. The smallest absolute Gasteiger partial charge is 0.0679 e. The molecule has 0 saturated heterocycles. The van der Waals surface area contributed by atoms with Crippen LogP contribution >= 0.6 is 0 Å². The van der Waals surface area contributed by atoms with Crippen molar-refractivity contribution < 1.29 is 0 Å². The normalized spacial score (nSPS) is 11.3. The van der Waals surface area contributed by atoms with Gasteiger partial charge in [-0.2, -0.15) is 0 Å². The molecule has 1 aromatic carbocycles. The molecule has 3 heteroatoms. The number of allylic oxidation sites excluding steroid dienone is 3. The Labute approximate surface area is 160 Å². The Kier molecular flexibility index (Phi) is 9.53. The second-order valence-electron chi connectivity index (χ2n) is 6.67. The van der Waals surface area contributed by atoms with Crippen LogP contribution in [-0.4, -0.2) is 25.2 Å². The summed E-state index contributed by atoms with van der Waals surface area (Å²) in [6.45, 7) is 20.2. The summed E-state index contributed by atoms with van der Waals surface area (Å²) in [5.41, 5.74) is 5.98. The second-order valence-corrected chi connectivity index (χ2v) is 6.67. The first-order valence-electron chi connectivity index (χ1n) is 9.39. The predicted octanol–water partition coefficient (Wildman–Crippen LogP) is 5.42. The Morgan fingerprint density at radius 1 is 1.27 bits per heavy atom. The van der Waals surface area contributed by atoms with E-state index in [2.05, 4.69) is 74.2 Å². The molecule has 0 bridgehead atoms. The molecule has 0 fully saturated rings. The Hall–Kier alpha value is -2.26. The number of nitrogens with one attached hydrogen (secondary N) is 2. The van der Waals surface area contributed by atoms with Crippen LogP contribution in [0, 0.1) is 0 Å². The Balaban J connectivity index is 2.87. The quantitative estimate of drug-likeness (QED) is 0.388. The minimum atomic E-state index is 0.473. The fourth-order valence-corrected chi connectivity index (χ4v) is 2.97. The highest BCUT2D eigenvalue weighted by molar-refractivity contribution is 5.61. The highest BCUT2D eigenvalue weighted by Crippen LogP contribution is 2.29. The summed E-state index contributed by atoms with van der Waals surface area (Å²) in [5, 5.41) is 6.80. The van der Waals surface area contributed by atoms with Crippen LogP contribution in [0.1, 0.15) is 44.2 Å². The molecule has 0 heterocycles. The lowest BCUT2D eigenvalue weighted by Crippen LogP contribution is -2.32. The topological polar surface area (TPSA) is 27.3 Å². The maximum Gasteiger partial charge on any atom is 0.0679 e. The molecule has 26 heavy (non-hydrogen) atoms. The van der Waals surface area contributed by atoms with Gasteiger partial charge in [0, 0.05) is 30.0 Å². The van der Waals surface area contributed by atoms with Crippen molar-refractivity contribution in [3.8, 4) is 0 Å². The molecule has 2 N–H and O–H groups in total. The number of nitrogens with zero attached hydrogens (tertiary/aromatic N) is 1. The van der Waals surface area contributed by atoms with Gasteiger partial charge in [-0.1, -0.05) is 64.8 Å². The largest absolute Gasteiger partial charge is 0.359 e. The Morgan fingerprint density at radius 3 is 2.54 bits per heavy atom. The molecule has 0 aliphatic rings. The fraction of sp³-hybridized carbons (Fsp3) is 0.391. The van der Waals surface area contributed by atoms with Crippen LogP contribution in [0.25, 0.3) is 0 Å². The third kappa shape index (κ3) is 6.23. The van der Waals surface area contributed by atoms with E-state index >= 15 is 0 Å². The van der Waals surface area contributed by atoms with Gasteiger partial charge in [0.25, 0.3) is 0 Å². The average molecular weight is 354 g/mol. The SMILES string of the molecule is C=C/C=C(\C=C)N(CCC(=C)Nc1c(CC)cccc1C(C)C)CNC. The molecular weight excluding hydrogens is 318 g/mol. The highest BCUT2D eigenvalue weighted by Gasteiger charge is 2.12. The number of benzene rings is 1. The summed E-state index contributed by atoms with van der Waals surface area (Å²) in [4.78, 5) is 2.23. The van der Waals surface area contributed by atoms with E-state index in [1.165, 1.54) is 16.8 Å². The third-order valence-corrected chi connectivity index (χ3v) is 4.38. The molecule has 142 valence electrons. The van der Waals surface area contributed by atoms with Crippen molar-refractivity contribution in [1.82, 2.24) is 10.2 Å². The number of rotatable bonds is 12. The molecular formula is C23H35N3. The second kappa shape index (κ2) is 11.4. The van der Waals surface area contributed by atoms with Crippen LogP contribution in [0.3, 0.4) is 0 Å². The maximum absolute atomic E-state index is 4.27. The summed E-state index contributed by atoms with van der Waals surface area (Å²) in [6.07, 6.45) is 7.48. The molecule has 0 aliphatic carbocycles. The van der Waals surface area contributed by atoms with Crippen LogP contribution in [0.2, 0.25) is 0 Å². The minimum absolute atomic E-state index is 0.473. The van der Waals surface area contributed by atoms with Crippen molar-refractivity contribution in [1.29, 1.82) is 0 Å². The van der Waals surface area contributed by atoms with Crippen molar-refractivity contribution in [2.24, 2.45) is 0 Å². The Bertz CT molecular complexity index is 641. The van der Waals surface area contributed by atoms with Gasteiger partial charge in [0.1, 0.15) is 0 Å². The predicted molar refractivity (Wildman–Crippen MR) is 116 cm³/mol. The van der Waals surface area contributed by atoms with E-state index in [1.54, 1.807) is 6.08 Å². The zero-order valence-corrected chi connectivity index (χ0v) is 16.9. The molecule has 0 saturated carbocycles. The molecule has 0 amide bonds. The van der Waals surface area contributed by atoms with Crippen molar-refractivity contribution in [3.63, 3.8) is 0 Å². The molecule has 1 aromatic rings. The molecule has 0 atom stereocenters. The lowest BCUT2D eigenvalue weighted by atomic mass is 9.96. The molecule has 0 unspecified atom stereocenters. The van der Waals surface area contributed by atoms with Gasteiger partial charge in [-0.3, -0.25) is 0 Å². The molecule has 1 rings (SSSR count). The minimum Gasteiger partial charge on any atom is -0.359 e. The fourth-order valence-electron chi connectivity index (χ4n) is 2.97. The number of aryl methyl sites for hydroxylation is 1. The van der Waals surface area contributed by atoms with Crippen LogP contribution < -0.4 is 10.6 Å². The van der Waals surface area contributed by atoms with Gasteiger partial charge in [-0.15, -0.1) is 0 Å². The monoisotopic (exact) mass is 353 g/mol. The van der Waals surface area contributed by atoms with Gasteiger partial charge < -0.3 is 15.5 Å². The van der Waals surface area contributed by atoms with Crippen LogP contribution in [-0.2, 0) is 6.42 Å². The molecule has 0 radical (unpaired) electrons. The molecule has 0 spiro atoms. The summed E-state index contributed by atoms with van der Waals surface area (Å²) in [5.74, 6) is 0.473. The van der Waals surface area contributed by atoms with E-state index in [0.717, 1.165) is 37.4 Å². The zero-order chi connectivity index (χ0) is 19.5. The number of hydrogen-bond donors (Lipinski definition) is 2.